The van der Waals surface area contributed by atoms with Gasteiger partial charge in [0.1, 0.15) is 5.75 Å². The highest BCUT2D eigenvalue weighted by molar-refractivity contribution is 5.44. The van der Waals surface area contributed by atoms with Gasteiger partial charge in [0.15, 0.2) is 0 Å². The van der Waals surface area contributed by atoms with E-state index in [2.05, 4.69) is 40.8 Å². The summed E-state index contributed by atoms with van der Waals surface area (Å²) < 4.78 is 10.8. The summed E-state index contributed by atoms with van der Waals surface area (Å²) in [4.78, 5) is 10.4. The van der Waals surface area contributed by atoms with Crippen molar-refractivity contribution in [3.8, 4) is 5.75 Å². The first kappa shape index (κ1) is 16.0. The second-order valence-corrected chi connectivity index (χ2v) is 6.62. The Hall–Kier alpha value is -2.53. The lowest BCUT2D eigenvalue weighted by Crippen LogP contribution is -2.35. The minimum Gasteiger partial charge on any atom is -0.496 e. The Balaban J connectivity index is 1.69. The first-order valence-corrected chi connectivity index (χ1v) is 8.60. The Kier molecular flexibility index (Phi) is 4.09. The molecule has 2 aromatic heterocycles. The molecule has 1 unspecified atom stereocenters. The third kappa shape index (κ3) is 2.74. The van der Waals surface area contributed by atoms with Crippen LogP contribution in [-0.4, -0.2) is 28.5 Å². The van der Waals surface area contributed by atoms with E-state index in [-0.39, 0.29) is 6.04 Å². The van der Waals surface area contributed by atoms with Crippen LogP contribution in [-0.2, 0) is 13.0 Å². The molecule has 25 heavy (non-hydrogen) atoms. The Morgan fingerprint density at radius 3 is 2.92 bits per heavy atom. The maximum absolute atomic E-state index is 5.45. The Bertz CT molecular complexity index is 867. The van der Waals surface area contributed by atoms with Crippen molar-refractivity contribution >= 4 is 0 Å². The van der Waals surface area contributed by atoms with Gasteiger partial charge in [-0.2, -0.15) is 0 Å². The van der Waals surface area contributed by atoms with Crippen LogP contribution in [0.25, 0.3) is 0 Å². The molecule has 0 fully saturated rings. The van der Waals surface area contributed by atoms with Crippen molar-refractivity contribution in [1.29, 1.82) is 0 Å². The SMILES string of the molecule is COc1ccc(CN2CCc3[nH]cnc3C2c2ccoc2)c(C)c1C. The van der Waals surface area contributed by atoms with Crippen LogP contribution < -0.4 is 4.74 Å². The summed E-state index contributed by atoms with van der Waals surface area (Å²) in [6.45, 7) is 6.14. The number of furan rings is 1. The quantitative estimate of drug-likeness (QED) is 0.787. The summed E-state index contributed by atoms with van der Waals surface area (Å²) in [5.74, 6) is 0.945. The fourth-order valence-corrected chi connectivity index (χ4v) is 3.76. The Morgan fingerprint density at radius 2 is 2.16 bits per heavy atom. The van der Waals surface area contributed by atoms with Crippen LogP contribution in [0.5, 0.6) is 5.75 Å². The van der Waals surface area contributed by atoms with Crippen LogP contribution in [0.15, 0.2) is 41.5 Å². The fourth-order valence-electron chi connectivity index (χ4n) is 3.76. The molecular weight excluding hydrogens is 314 g/mol. The van der Waals surface area contributed by atoms with Crippen molar-refractivity contribution in [2.24, 2.45) is 0 Å². The first-order valence-electron chi connectivity index (χ1n) is 8.60. The molecule has 1 N–H and O–H groups in total. The molecule has 1 atom stereocenters. The van der Waals surface area contributed by atoms with E-state index in [1.807, 2.05) is 12.3 Å². The second-order valence-electron chi connectivity index (χ2n) is 6.62. The fraction of sp³-hybridized carbons (Fsp3) is 0.350. The molecule has 0 saturated carbocycles. The van der Waals surface area contributed by atoms with Crippen LogP contribution in [0.4, 0.5) is 0 Å². The molecule has 5 heteroatoms. The molecule has 130 valence electrons. The molecule has 0 amide bonds. The maximum Gasteiger partial charge on any atom is 0.122 e. The number of fused-ring (bicyclic) bond motifs is 1. The van der Waals surface area contributed by atoms with Gasteiger partial charge in [-0.25, -0.2) is 4.98 Å². The summed E-state index contributed by atoms with van der Waals surface area (Å²) in [7, 11) is 1.72. The van der Waals surface area contributed by atoms with E-state index in [9.17, 15) is 0 Å². The maximum atomic E-state index is 5.45. The van der Waals surface area contributed by atoms with E-state index in [4.69, 9.17) is 9.15 Å². The molecule has 3 aromatic rings. The largest absolute Gasteiger partial charge is 0.496 e. The normalized spacial score (nSPS) is 17.5. The molecule has 1 aromatic carbocycles. The molecule has 1 aliphatic rings. The molecule has 3 heterocycles. The van der Waals surface area contributed by atoms with Crippen molar-refractivity contribution in [1.82, 2.24) is 14.9 Å². The number of hydrogen-bond donors (Lipinski definition) is 1. The zero-order valence-corrected chi connectivity index (χ0v) is 14.9. The molecule has 4 rings (SSSR count). The van der Waals surface area contributed by atoms with E-state index >= 15 is 0 Å². The van der Waals surface area contributed by atoms with E-state index in [0.29, 0.717) is 0 Å². The Labute approximate surface area is 147 Å². The van der Waals surface area contributed by atoms with Crippen molar-refractivity contribution in [3.05, 3.63) is 70.7 Å². The lowest BCUT2D eigenvalue weighted by atomic mass is 9.95. The monoisotopic (exact) mass is 337 g/mol. The summed E-state index contributed by atoms with van der Waals surface area (Å²) in [6, 6.07) is 6.39. The number of rotatable bonds is 4. The van der Waals surface area contributed by atoms with Crippen LogP contribution in [0, 0.1) is 13.8 Å². The number of aromatic nitrogens is 2. The third-order valence-corrected chi connectivity index (χ3v) is 5.33. The number of methoxy groups -OCH3 is 1. The number of ether oxygens (including phenoxy) is 1. The number of benzene rings is 1. The molecule has 0 bridgehead atoms. The van der Waals surface area contributed by atoms with Gasteiger partial charge in [-0.3, -0.25) is 4.90 Å². The minimum absolute atomic E-state index is 0.121. The van der Waals surface area contributed by atoms with Gasteiger partial charge in [-0.05, 0) is 42.7 Å². The number of aromatic amines is 1. The first-order chi connectivity index (χ1) is 12.2. The highest BCUT2D eigenvalue weighted by atomic mass is 16.5. The zero-order chi connectivity index (χ0) is 17.4. The smallest absolute Gasteiger partial charge is 0.122 e. The van der Waals surface area contributed by atoms with E-state index < -0.39 is 0 Å². The number of hydrogen-bond acceptors (Lipinski definition) is 4. The van der Waals surface area contributed by atoms with Gasteiger partial charge in [-0.15, -0.1) is 0 Å². The van der Waals surface area contributed by atoms with E-state index in [1.165, 1.54) is 22.4 Å². The summed E-state index contributed by atoms with van der Waals surface area (Å²) in [6.07, 6.45) is 6.34. The van der Waals surface area contributed by atoms with Gasteiger partial charge < -0.3 is 14.1 Å². The highest BCUT2D eigenvalue weighted by Crippen LogP contribution is 2.35. The predicted molar refractivity (Wildman–Crippen MR) is 95.7 cm³/mol. The molecule has 0 aliphatic carbocycles. The Morgan fingerprint density at radius 1 is 1.28 bits per heavy atom. The van der Waals surface area contributed by atoms with Gasteiger partial charge in [0.25, 0.3) is 0 Å². The van der Waals surface area contributed by atoms with Crippen LogP contribution in [0.3, 0.4) is 0 Å². The lowest BCUT2D eigenvalue weighted by Gasteiger charge is -2.35. The van der Waals surface area contributed by atoms with E-state index in [1.54, 1.807) is 19.7 Å². The molecular formula is C20H23N3O2. The molecule has 0 radical (unpaired) electrons. The third-order valence-electron chi connectivity index (χ3n) is 5.33. The van der Waals surface area contributed by atoms with Crippen molar-refractivity contribution in [2.45, 2.75) is 32.9 Å². The molecule has 0 saturated heterocycles. The van der Waals surface area contributed by atoms with Gasteiger partial charge in [0.2, 0.25) is 0 Å². The number of H-pyrrole nitrogens is 1. The van der Waals surface area contributed by atoms with Crippen LogP contribution in [0.1, 0.15) is 39.7 Å². The van der Waals surface area contributed by atoms with Gasteiger partial charge in [0, 0.05) is 30.8 Å². The molecule has 5 nitrogen and oxygen atoms in total. The summed E-state index contributed by atoms with van der Waals surface area (Å²) >= 11 is 0. The van der Waals surface area contributed by atoms with E-state index in [0.717, 1.165) is 36.5 Å². The summed E-state index contributed by atoms with van der Waals surface area (Å²) in [5, 5.41) is 0. The zero-order valence-electron chi connectivity index (χ0n) is 14.9. The average molecular weight is 337 g/mol. The standard InChI is InChI=1S/C20H23N3O2/c1-13-14(2)18(24-3)5-4-15(13)10-23-8-6-17-19(22-12-21-17)20(23)16-7-9-25-11-16/h4-5,7,9,11-12,20H,6,8,10H2,1-3H3,(H,21,22). The average Bonchev–Trinajstić information content (AvgIpc) is 3.30. The van der Waals surface area contributed by atoms with Gasteiger partial charge >= 0.3 is 0 Å². The number of imidazole rings is 1. The topological polar surface area (TPSA) is 54.3 Å². The van der Waals surface area contributed by atoms with Gasteiger partial charge in [-0.1, -0.05) is 6.07 Å². The number of nitrogens with one attached hydrogen (secondary N) is 1. The van der Waals surface area contributed by atoms with Crippen LogP contribution >= 0.6 is 0 Å². The minimum atomic E-state index is 0.121. The predicted octanol–water partition coefficient (Wildman–Crippen LogP) is 3.78. The van der Waals surface area contributed by atoms with Gasteiger partial charge in [0.05, 0.1) is 37.7 Å². The lowest BCUT2D eigenvalue weighted by molar-refractivity contribution is 0.199. The highest BCUT2D eigenvalue weighted by Gasteiger charge is 2.31. The second kappa shape index (κ2) is 6.41. The van der Waals surface area contributed by atoms with Crippen LogP contribution in [0.2, 0.25) is 0 Å². The molecule has 0 spiro atoms. The van der Waals surface area contributed by atoms with Crippen molar-refractivity contribution < 1.29 is 9.15 Å². The number of nitrogens with zero attached hydrogens (tertiary/aromatic N) is 2. The summed E-state index contributed by atoms with van der Waals surface area (Å²) in [5.41, 5.74) is 7.30. The van der Waals surface area contributed by atoms with Crippen molar-refractivity contribution in [2.75, 3.05) is 13.7 Å². The molecule has 1 aliphatic heterocycles. The van der Waals surface area contributed by atoms with Crippen molar-refractivity contribution in [3.63, 3.8) is 0 Å².